The van der Waals surface area contributed by atoms with Gasteiger partial charge < -0.3 is 10.2 Å². The number of aliphatic hydroxyl groups is 1. The molecular formula is C15H28O3. The van der Waals surface area contributed by atoms with E-state index >= 15 is 0 Å². The third kappa shape index (κ3) is 3.25. The Morgan fingerprint density at radius 2 is 2.00 bits per heavy atom. The third-order valence-electron chi connectivity index (χ3n) is 4.84. The number of carbonyl (C=O) groups is 1. The lowest BCUT2D eigenvalue weighted by atomic mass is 9.56. The van der Waals surface area contributed by atoms with Crippen molar-refractivity contribution in [2.75, 3.05) is 6.61 Å². The van der Waals surface area contributed by atoms with Gasteiger partial charge in [-0.15, -0.1) is 0 Å². The molecule has 1 saturated carbocycles. The summed E-state index contributed by atoms with van der Waals surface area (Å²) in [5.41, 5.74) is 0.0730. The van der Waals surface area contributed by atoms with E-state index in [1.165, 1.54) is 0 Å². The normalized spacial score (nSPS) is 31.6. The molecular weight excluding hydrogens is 228 g/mol. The molecule has 0 aromatic carbocycles. The van der Waals surface area contributed by atoms with Gasteiger partial charge in [-0.05, 0) is 48.9 Å². The molecule has 0 bridgehead atoms. The molecule has 3 heteroatoms. The van der Waals surface area contributed by atoms with Crippen molar-refractivity contribution in [1.82, 2.24) is 0 Å². The first-order valence-corrected chi connectivity index (χ1v) is 7.15. The highest BCUT2D eigenvalue weighted by Crippen LogP contribution is 2.50. The predicted molar refractivity (Wildman–Crippen MR) is 72.3 cm³/mol. The molecule has 1 fully saturated rings. The van der Waals surface area contributed by atoms with Gasteiger partial charge in [0.15, 0.2) is 0 Å². The highest BCUT2D eigenvalue weighted by Gasteiger charge is 2.47. The summed E-state index contributed by atoms with van der Waals surface area (Å²) in [5.74, 6) is -0.0222. The molecule has 0 spiro atoms. The second kappa shape index (κ2) is 6.05. The number of rotatable bonds is 5. The lowest BCUT2D eigenvalue weighted by molar-refractivity contribution is -0.153. The molecule has 3 unspecified atom stereocenters. The van der Waals surface area contributed by atoms with Crippen molar-refractivity contribution < 1.29 is 15.0 Å². The van der Waals surface area contributed by atoms with E-state index in [0.29, 0.717) is 12.3 Å². The molecule has 1 rings (SSSR count). The molecule has 0 heterocycles. The fraction of sp³-hybridized carbons (Fsp3) is 0.933. The van der Waals surface area contributed by atoms with E-state index in [-0.39, 0.29) is 29.8 Å². The zero-order valence-corrected chi connectivity index (χ0v) is 12.1. The van der Waals surface area contributed by atoms with E-state index in [4.69, 9.17) is 5.11 Å². The van der Waals surface area contributed by atoms with Gasteiger partial charge in [0.1, 0.15) is 0 Å². The van der Waals surface area contributed by atoms with Gasteiger partial charge in [-0.2, -0.15) is 0 Å². The largest absolute Gasteiger partial charge is 0.481 e. The number of aliphatic hydroxyl groups excluding tert-OH is 1. The molecule has 0 saturated heterocycles. The second-order valence-corrected chi connectivity index (χ2v) is 6.77. The summed E-state index contributed by atoms with van der Waals surface area (Å²) < 4.78 is 0. The van der Waals surface area contributed by atoms with Crippen LogP contribution in [0.1, 0.15) is 53.4 Å². The van der Waals surface area contributed by atoms with Crippen molar-refractivity contribution >= 4 is 5.97 Å². The van der Waals surface area contributed by atoms with E-state index in [1.54, 1.807) is 0 Å². The fourth-order valence-corrected chi connectivity index (χ4v) is 3.67. The summed E-state index contributed by atoms with van der Waals surface area (Å²) >= 11 is 0. The Hall–Kier alpha value is -0.570. The van der Waals surface area contributed by atoms with Gasteiger partial charge in [0.2, 0.25) is 0 Å². The Balaban J connectivity index is 2.96. The number of carboxylic acid groups (broad SMARTS) is 1. The van der Waals surface area contributed by atoms with Crippen LogP contribution in [0.25, 0.3) is 0 Å². The van der Waals surface area contributed by atoms with Crippen LogP contribution in [0.5, 0.6) is 0 Å². The van der Waals surface area contributed by atoms with Crippen molar-refractivity contribution in [3.63, 3.8) is 0 Å². The molecule has 3 atom stereocenters. The third-order valence-corrected chi connectivity index (χ3v) is 4.84. The molecule has 1 aliphatic carbocycles. The predicted octanol–water partition coefficient (Wildman–Crippen LogP) is 3.17. The number of aliphatic carboxylic acids is 1. The van der Waals surface area contributed by atoms with Crippen LogP contribution in [-0.2, 0) is 4.79 Å². The van der Waals surface area contributed by atoms with Crippen molar-refractivity contribution in [2.45, 2.75) is 53.4 Å². The molecule has 2 N–H and O–H groups in total. The molecule has 0 amide bonds. The Bertz CT molecular complexity index is 283. The summed E-state index contributed by atoms with van der Waals surface area (Å²) in [5, 5.41) is 18.6. The van der Waals surface area contributed by atoms with Crippen LogP contribution in [0.4, 0.5) is 0 Å². The summed E-state index contributed by atoms with van der Waals surface area (Å²) in [6.45, 7) is 8.78. The van der Waals surface area contributed by atoms with Crippen molar-refractivity contribution in [2.24, 2.45) is 29.1 Å². The average Bonchev–Trinajstić information content (AvgIpc) is 2.25. The summed E-state index contributed by atoms with van der Waals surface area (Å²) in [6, 6.07) is 0. The van der Waals surface area contributed by atoms with Crippen LogP contribution in [0.3, 0.4) is 0 Å². The second-order valence-electron chi connectivity index (χ2n) is 6.77. The maximum atomic E-state index is 11.7. The highest BCUT2D eigenvalue weighted by molar-refractivity contribution is 5.71. The Morgan fingerprint density at radius 1 is 1.39 bits per heavy atom. The van der Waals surface area contributed by atoms with Crippen LogP contribution >= 0.6 is 0 Å². The lowest BCUT2D eigenvalue weighted by Gasteiger charge is -2.48. The monoisotopic (exact) mass is 256 g/mol. The molecule has 0 radical (unpaired) electrons. The van der Waals surface area contributed by atoms with Gasteiger partial charge in [-0.25, -0.2) is 0 Å². The summed E-state index contributed by atoms with van der Waals surface area (Å²) in [4.78, 5) is 11.7. The topological polar surface area (TPSA) is 57.5 Å². The first-order chi connectivity index (χ1) is 8.31. The molecule has 1 aliphatic rings. The smallest absolute Gasteiger partial charge is 0.307 e. The minimum Gasteiger partial charge on any atom is -0.481 e. The standard InChI is InChI=1S/C15H28O3/c1-10(2)11-7-8-15(3,4)12(6-5-9-16)13(11)14(17)18/h10-13,16H,5-9H2,1-4H3,(H,17,18). The molecule has 3 nitrogen and oxygen atoms in total. The number of hydrogen-bond donors (Lipinski definition) is 2. The minimum absolute atomic E-state index is 0.0730. The molecule has 106 valence electrons. The van der Waals surface area contributed by atoms with Crippen molar-refractivity contribution in [3.05, 3.63) is 0 Å². The molecule has 18 heavy (non-hydrogen) atoms. The zero-order chi connectivity index (χ0) is 13.9. The highest BCUT2D eigenvalue weighted by atomic mass is 16.4. The van der Waals surface area contributed by atoms with Crippen LogP contribution in [0.2, 0.25) is 0 Å². The molecule has 0 aromatic heterocycles. The van der Waals surface area contributed by atoms with Gasteiger partial charge >= 0.3 is 5.97 Å². The van der Waals surface area contributed by atoms with Crippen LogP contribution in [0, 0.1) is 29.1 Å². The van der Waals surface area contributed by atoms with E-state index < -0.39 is 5.97 Å². The van der Waals surface area contributed by atoms with Gasteiger partial charge in [-0.1, -0.05) is 27.7 Å². The van der Waals surface area contributed by atoms with E-state index in [9.17, 15) is 9.90 Å². The fourth-order valence-electron chi connectivity index (χ4n) is 3.67. The van der Waals surface area contributed by atoms with Crippen LogP contribution in [0.15, 0.2) is 0 Å². The maximum absolute atomic E-state index is 11.7. The summed E-state index contributed by atoms with van der Waals surface area (Å²) in [7, 11) is 0. The number of hydrogen-bond acceptors (Lipinski definition) is 2. The van der Waals surface area contributed by atoms with Gasteiger partial charge in [0, 0.05) is 6.61 Å². The van der Waals surface area contributed by atoms with E-state index in [1.807, 2.05) is 0 Å². The van der Waals surface area contributed by atoms with Crippen LogP contribution < -0.4 is 0 Å². The van der Waals surface area contributed by atoms with E-state index in [0.717, 1.165) is 19.3 Å². The van der Waals surface area contributed by atoms with Gasteiger partial charge in [0.05, 0.1) is 5.92 Å². The van der Waals surface area contributed by atoms with Gasteiger partial charge in [-0.3, -0.25) is 4.79 Å². The Labute approximate surface area is 111 Å². The van der Waals surface area contributed by atoms with Gasteiger partial charge in [0.25, 0.3) is 0 Å². The first-order valence-electron chi connectivity index (χ1n) is 7.15. The Morgan fingerprint density at radius 3 is 2.44 bits per heavy atom. The minimum atomic E-state index is -0.649. The Kier molecular flexibility index (Phi) is 5.20. The number of carboxylic acids is 1. The van der Waals surface area contributed by atoms with Crippen molar-refractivity contribution in [3.8, 4) is 0 Å². The van der Waals surface area contributed by atoms with Crippen molar-refractivity contribution in [1.29, 1.82) is 0 Å². The molecule has 0 aromatic rings. The summed E-state index contributed by atoms with van der Waals surface area (Å²) in [6.07, 6.45) is 3.64. The maximum Gasteiger partial charge on any atom is 0.307 e. The average molecular weight is 256 g/mol. The molecule has 0 aliphatic heterocycles. The first kappa shape index (κ1) is 15.5. The van der Waals surface area contributed by atoms with Crippen LogP contribution in [-0.4, -0.2) is 22.8 Å². The SMILES string of the molecule is CC(C)C1CCC(C)(C)C(CCCO)C1C(=O)O. The lowest BCUT2D eigenvalue weighted by Crippen LogP contribution is -2.45. The quantitative estimate of drug-likeness (QED) is 0.794. The zero-order valence-electron chi connectivity index (χ0n) is 12.1. The van der Waals surface area contributed by atoms with E-state index in [2.05, 4.69) is 27.7 Å².